The van der Waals surface area contributed by atoms with Gasteiger partial charge in [0.15, 0.2) is 18.1 Å². The fourth-order valence-corrected chi connectivity index (χ4v) is 3.13. The molecule has 0 radical (unpaired) electrons. The standard InChI is InChI=1S/C18H14N4O7S/c1-10-14(21-20-12-4-6-13(7-5-12)30(27,28)29)16(23)19-17(24)15(10)22-8-2-3-11(9-22)18(25)26/h2-9H,1H3,(H3-,19,20,23,24,25,26,27,28,29)/p+1. The predicted molar refractivity (Wildman–Crippen MR) is 102 cm³/mol. The molecule has 0 saturated heterocycles. The Labute approximate surface area is 169 Å². The molecule has 3 rings (SSSR count). The van der Waals surface area contributed by atoms with Crippen molar-refractivity contribution in [3.05, 3.63) is 70.3 Å². The molecule has 2 heterocycles. The Bertz CT molecular complexity index is 1330. The van der Waals surface area contributed by atoms with E-state index in [9.17, 15) is 23.1 Å². The first-order valence-corrected chi connectivity index (χ1v) is 9.72. The van der Waals surface area contributed by atoms with Crippen LogP contribution in [0.15, 0.2) is 68.7 Å². The van der Waals surface area contributed by atoms with Crippen molar-refractivity contribution >= 4 is 27.5 Å². The molecule has 0 unspecified atom stereocenters. The van der Waals surface area contributed by atoms with Crippen LogP contribution in [0.1, 0.15) is 15.9 Å². The lowest BCUT2D eigenvalue weighted by Gasteiger charge is -2.05. The highest BCUT2D eigenvalue weighted by molar-refractivity contribution is 7.85. The first-order chi connectivity index (χ1) is 14.1. The summed E-state index contributed by atoms with van der Waals surface area (Å²) in [5, 5.41) is 27.0. The minimum absolute atomic E-state index is 0.0339. The molecule has 3 aromatic rings. The monoisotopic (exact) mass is 431 g/mol. The maximum atomic E-state index is 12.4. The molecule has 0 bridgehead atoms. The fourth-order valence-electron chi connectivity index (χ4n) is 2.65. The number of hydrogen-bond acceptors (Lipinski definition) is 7. The molecular weight excluding hydrogens is 416 g/mol. The van der Waals surface area contributed by atoms with Crippen LogP contribution in [0.2, 0.25) is 0 Å². The molecule has 12 heteroatoms. The van der Waals surface area contributed by atoms with Gasteiger partial charge in [-0.25, -0.2) is 4.79 Å². The van der Waals surface area contributed by atoms with Gasteiger partial charge in [-0.3, -0.25) is 14.3 Å². The number of nitrogens with zero attached hydrogens (tertiary/aromatic N) is 3. The van der Waals surface area contributed by atoms with E-state index in [1.54, 1.807) is 0 Å². The molecule has 11 nitrogen and oxygen atoms in total. The van der Waals surface area contributed by atoms with Gasteiger partial charge in [0, 0.05) is 6.07 Å². The SMILES string of the molecule is Cc1c(N=Nc2ccc(S(=O)(=O)O)cc2)c(O)[nH]c(=O)c1-[n+]1cccc(C(=O)O)c1. The van der Waals surface area contributed by atoms with Crippen molar-refractivity contribution < 1.29 is 32.5 Å². The number of carboxylic acid groups (broad SMARTS) is 1. The summed E-state index contributed by atoms with van der Waals surface area (Å²) in [5.41, 5.74) is -0.319. The number of carbonyl (C=O) groups is 1. The normalized spacial score (nSPS) is 11.7. The van der Waals surface area contributed by atoms with Crippen LogP contribution in [0.5, 0.6) is 5.88 Å². The van der Waals surface area contributed by atoms with Crippen molar-refractivity contribution in [1.82, 2.24) is 4.98 Å². The highest BCUT2D eigenvalue weighted by Crippen LogP contribution is 2.30. The van der Waals surface area contributed by atoms with E-state index < -0.39 is 27.5 Å². The fraction of sp³-hybridized carbons (Fsp3) is 0.0556. The lowest BCUT2D eigenvalue weighted by molar-refractivity contribution is -0.597. The highest BCUT2D eigenvalue weighted by Gasteiger charge is 2.23. The quantitative estimate of drug-likeness (QED) is 0.271. The third-order valence-electron chi connectivity index (χ3n) is 4.09. The Kier molecular flexibility index (Phi) is 5.45. The Morgan fingerprint density at radius 1 is 1.13 bits per heavy atom. The second-order valence-corrected chi connectivity index (χ2v) is 7.52. The Balaban J connectivity index is 2.05. The van der Waals surface area contributed by atoms with Crippen molar-refractivity contribution in [2.75, 3.05) is 0 Å². The van der Waals surface area contributed by atoms with E-state index in [0.717, 1.165) is 12.1 Å². The second kappa shape index (κ2) is 7.85. The van der Waals surface area contributed by atoms with Crippen LogP contribution < -0.4 is 10.1 Å². The molecule has 0 aliphatic carbocycles. The van der Waals surface area contributed by atoms with Gasteiger partial charge >= 0.3 is 11.5 Å². The van der Waals surface area contributed by atoms with E-state index in [2.05, 4.69) is 15.2 Å². The van der Waals surface area contributed by atoms with Crippen LogP contribution in [-0.2, 0) is 10.1 Å². The zero-order valence-corrected chi connectivity index (χ0v) is 16.2. The van der Waals surface area contributed by atoms with Crippen molar-refractivity contribution in [2.45, 2.75) is 11.8 Å². The van der Waals surface area contributed by atoms with Gasteiger partial charge in [-0.2, -0.15) is 18.1 Å². The maximum Gasteiger partial charge on any atom is 0.341 e. The van der Waals surface area contributed by atoms with E-state index in [0.29, 0.717) is 0 Å². The molecule has 0 aliphatic heterocycles. The van der Waals surface area contributed by atoms with Crippen LogP contribution >= 0.6 is 0 Å². The van der Waals surface area contributed by atoms with E-state index in [4.69, 9.17) is 9.66 Å². The Hall–Kier alpha value is -3.90. The number of aromatic amines is 1. The van der Waals surface area contributed by atoms with Crippen molar-refractivity contribution in [3.63, 3.8) is 0 Å². The van der Waals surface area contributed by atoms with E-state index in [1.165, 1.54) is 48.1 Å². The number of benzene rings is 1. The first-order valence-electron chi connectivity index (χ1n) is 8.28. The Morgan fingerprint density at radius 3 is 2.40 bits per heavy atom. The molecule has 4 N–H and O–H groups in total. The van der Waals surface area contributed by atoms with E-state index in [-0.39, 0.29) is 33.1 Å². The van der Waals surface area contributed by atoms with Gasteiger partial charge in [-0.15, -0.1) is 5.11 Å². The van der Waals surface area contributed by atoms with E-state index >= 15 is 0 Å². The molecule has 0 amide bonds. The van der Waals surface area contributed by atoms with Crippen molar-refractivity contribution in [1.29, 1.82) is 0 Å². The number of aromatic hydroxyl groups is 1. The smallest absolute Gasteiger partial charge is 0.341 e. The third kappa shape index (κ3) is 4.24. The summed E-state index contributed by atoms with van der Waals surface area (Å²) in [6.07, 6.45) is 2.71. The van der Waals surface area contributed by atoms with Gasteiger partial charge in [0.25, 0.3) is 15.8 Å². The molecule has 0 fully saturated rings. The van der Waals surface area contributed by atoms with Gasteiger partial charge in [-0.1, -0.05) is 0 Å². The van der Waals surface area contributed by atoms with Crippen LogP contribution in [0.4, 0.5) is 11.4 Å². The third-order valence-corrected chi connectivity index (χ3v) is 4.96. The topological polar surface area (TPSA) is 173 Å². The number of H-pyrrole nitrogens is 1. The lowest BCUT2D eigenvalue weighted by atomic mass is 10.2. The number of azo groups is 1. The highest BCUT2D eigenvalue weighted by atomic mass is 32.2. The number of hydrogen-bond donors (Lipinski definition) is 4. The number of rotatable bonds is 5. The minimum Gasteiger partial charge on any atom is -0.493 e. The summed E-state index contributed by atoms with van der Waals surface area (Å²) < 4.78 is 32.4. The zero-order chi connectivity index (χ0) is 22.1. The molecule has 1 aromatic carbocycles. The number of carboxylic acids is 1. The molecule has 30 heavy (non-hydrogen) atoms. The maximum absolute atomic E-state index is 12.4. The summed E-state index contributed by atoms with van der Waals surface area (Å²) in [4.78, 5) is 25.5. The van der Waals surface area contributed by atoms with Gasteiger partial charge in [0.1, 0.15) is 5.56 Å². The minimum atomic E-state index is -4.35. The molecule has 154 valence electrons. The van der Waals surface area contributed by atoms with Gasteiger partial charge in [-0.05, 0) is 37.3 Å². The summed E-state index contributed by atoms with van der Waals surface area (Å²) in [7, 11) is -4.35. The van der Waals surface area contributed by atoms with Crippen LogP contribution in [0.3, 0.4) is 0 Å². The molecule has 0 spiro atoms. The lowest BCUT2D eigenvalue weighted by Crippen LogP contribution is -2.38. The molecule has 2 aromatic heterocycles. The predicted octanol–water partition coefficient (Wildman–Crippen LogP) is 2.03. The molecule has 0 atom stereocenters. The number of aromatic nitrogens is 2. The number of aromatic carboxylic acids is 1. The number of pyridine rings is 2. The summed E-state index contributed by atoms with van der Waals surface area (Å²) >= 11 is 0. The van der Waals surface area contributed by atoms with Crippen molar-refractivity contribution in [2.24, 2.45) is 10.2 Å². The van der Waals surface area contributed by atoms with Gasteiger partial charge in [0.2, 0.25) is 5.88 Å². The van der Waals surface area contributed by atoms with Crippen LogP contribution in [-0.4, -0.2) is 34.1 Å². The average molecular weight is 431 g/mol. The molecule has 0 aliphatic rings. The van der Waals surface area contributed by atoms with Gasteiger partial charge < -0.3 is 10.2 Å². The Morgan fingerprint density at radius 2 is 1.80 bits per heavy atom. The van der Waals surface area contributed by atoms with Gasteiger partial charge in [0.05, 0.1) is 16.1 Å². The van der Waals surface area contributed by atoms with Crippen LogP contribution in [0, 0.1) is 6.92 Å². The second-order valence-electron chi connectivity index (χ2n) is 6.10. The summed E-state index contributed by atoms with van der Waals surface area (Å²) in [6.45, 7) is 1.50. The molecular formula is C18H15N4O7S+. The van der Waals surface area contributed by atoms with Crippen molar-refractivity contribution in [3.8, 4) is 11.6 Å². The summed E-state index contributed by atoms with van der Waals surface area (Å²) in [5.74, 6) is -1.72. The van der Waals surface area contributed by atoms with Crippen LogP contribution in [0.25, 0.3) is 5.69 Å². The zero-order valence-electron chi connectivity index (χ0n) is 15.3. The molecule has 0 saturated carbocycles. The number of nitrogens with one attached hydrogen (secondary N) is 1. The van der Waals surface area contributed by atoms with E-state index in [1.807, 2.05) is 0 Å². The average Bonchev–Trinajstić information content (AvgIpc) is 2.67. The first kappa shape index (κ1) is 20.8. The largest absolute Gasteiger partial charge is 0.493 e. The summed E-state index contributed by atoms with van der Waals surface area (Å²) in [6, 6.07) is 7.64.